The van der Waals surface area contributed by atoms with E-state index in [2.05, 4.69) is 27.7 Å². The van der Waals surface area contributed by atoms with Crippen molar-refractivity contribution in [1.82, 2.24) is 10.6 Å². The Morgan fingerprint density at radius 1 is 0.692 bits per heavy atom. The van der Waals surface area contributed by atoms with Crippen molar-refractivity contribution in [3.05, 3.63) is 35.4 Å². The second-order valence-corrected chi connectivity index (χ2v) is 5.47. The van der Waals surface area contributed by atoms with Gasteiger partial charge in [-0.3, -0.25) is 29.8 Å². The smallest absolute Gasteiger partial charge is 0.257 e. The minimum Gasteiger partial charge on any atom is -0.295 e. The standard InChI is InChI=1S/C10H8N2O4.2C5H12/c13-5-11-9(15)7-1-2-8(4-3-7)10(16)12-6-14;2*1-3-5-4-2/h1-6H,(H,11,13,15)(H,12,14,16);2*3-5H2,1-2H3. The molecule has 0 saturated heterocycles. The molecule has 0 unspecified atom stereocenters. The molecule has 6 heteroatoms. The zero-order valence-electron chi connectivity index (χ0n) is 16.3. The van der Waals surface area contributed by atoms with Crippen LogP contribution in [0.3, 0.4) is 0 Å². The van der Waals surface area contributed by atoms with Crippen molar-refractivity contribution in [3.63, 3.8) is 0 Å². The van der Waals surface area contributed by atoms with Gasteiger partial charge in [0, 0.05) is 11.1 Å². The molecule has 0 fully saturated rings. The lowest BCUT2D eigenvalue weighted by molar-refractivity contribution is -0.109. The van der Waals surface area contributed by atoms with Crippen LogP contribution in [0.2, 0.25) is 0 Å². The van der Waals surface area contributed by atoms with Gasteiger partial charge in [-0.2, -0.15) is 0 Å². The monoisotopic (exact) mass is 364 g/mol. The number of nitrogens with one attached hydrogen (secondary N) is 2. The van der Waals surface area contributed by atoms with Crippen molar-refractivity contribution in [2.75, 3.05) is 0 Å². The molecule has 0 aliphatic rings. The average Bonchev–Trinajstić information content (AvgIpc) is 2.65. The molecule has 0 aliphatic carbocycles. The maximum atomic E-state index is 11.2. The number of hydrogen-bond donors (Lipinski definition) is 2. The Bertz CT molecular complexity index is 462. The second kappa shape index (κ2) is 18.8. The normalized spacial score (nSPS) is 8.77. The summed E-state index contributed by atoms with van der Waals surface area (Å²) in [5.41, 5.74) is 0.490. The summed E-state index contributed by atoms with van der Waals surface area (Å²) in [6.07, 6.45) is 8.70. The molecule has 2 N–H and O–H groups in total. The van der Waals surface area contributed by atoms with Crippen LogP contribution in [0.1, 0.15) is 86.9 Å². The highest BCUT2D eigenvalue weighted by Gasteiger charge is 2.07. The number of amides is 4. The SMILES string of the molecule is CCCCC.CCCCC.O=CNC(=O)c1ccc(C(=O)NC=O)cc1. The van der Waals surface area contributed by atoms with Crippen LogP contribution in [0.5, 0.6) is 0 Å². The van der Waals surface area contributed by atoms with Crippen LogP contribution in [-0.2, 0) is 9.59 Å². The predicted molar refractivity (Wildman–Crippen MR) is 104 cm³/mol. The van der Waals surface area contributed by atoms with E-state index in [1.165, 1.54) is 62.8 Å². The van der Waals surface area contributed by atoms with E-state index in [0.29, 0.717) is 0 Å². The Morgan fingerprint density at radius 3 is 1.12 bits per heavy atom. The topological polar surface area (TPSA) is 92.3 Å². The third-order valence-corrected chi connectivity index (χ3v) is 3.20. The van der Waals surface area contributed by atoms with Gasteiger partial charge in [0.2, 0.25) is 12.8 Å². The first-order valence-electron chi connectivity index (χ1n) is 9.11. The lowest BCUT2D eigenvalue weighted by Crippen LogP contribution is -2.23. The third-order valence-electron chi connectivity index (χ3n) is 3.20. The molecule has 0 saturated carbocycles. The van der Waals surface area contributed by atoms with Gasteiger partial charge < -0.3 is 0 Å². The van der Waals surface area contributed by atoms with Crippen LogP contribution in [0.4, 0.5) is 0 Å². The Hall–Kier alpha value is -2.50. The first-order chi connectivity index (χ1) is 12.5. The van der Waals surface area contributed by atoms with Crippen molar-refractivity contribution in [2.45, 2.75) is 66.2 Å². The highest BCUT2D eigenvalue weighted by Crippen LogP contribution is 2.04. The lowest BCUT2D eigenvalue weighted by Gasteiger charge is -2.01. The van der Waals surface area contributed by atoms with Crippen molar-refractivity contribution >= 4 is 24.6 Å². The number of hydrogen-bond acceptors (Lipinski definition) is 4. The number of imide groups is 2. The quantitative estimate of drug-likeness (QED) is 0.685. The molecule has 0 spiro atoms. The first-order valence-corrected chi connectivity index (χ1v) is 9.11. The summed E-state index contributed by atoms with van der Waals surface area (Å²) in [6, 6.07) is 5.49. The molecule has 0 radical (unpaired) electrons. The van der Waals surface area contributed by atoms with Crippen LogP contribution < -0.4 is 10.6 Å². The fraction of sp³-hybridized carbons (Fsp3) is 0.500. The minimum absolute atomic E-state index is 0.245. The fourth-order valence-electron chi connectivity index (χ4n) is 1.75. The molecule has 1 rings (SSSR count). The van der Waals surface area contributed by atoms with Gasteiger partial charge in [-0.15, -0.1) is 0 Å². The molecular weight excluding hydrogens is 332 g/mol. The van der Waals surface area contributed by atoms with Crippen LogP contribution in [0.15, 0.2) is 24.3 Å². The van der Waals surface area contributed by atoms with E-state index in [9.17, 15) is 19.2 Å². The van der Waals surface area contributed by atoms with E-state index in [0.717, 1.165) is 0 Å². The summed E-state index contributed by atoms with van der Waals surface area (Å²) < 4.78 is 0. The number of carbonyl (C=O) groups is 4. The molecule has 1 aromatic rings. The Kier molecular flexibility index (Phi) is 18.6. The van der Waals surface area contributed by atoms with Crippen molar-refractivity contribution in [3.8, 4) is 0 Å². The van der Waals surface area contributed by atoms with Gasteiger partial charge in [0.1, 0.15) is 0 Å². The maximum Gasteiger partial charge on any atom is 0.257 e. The van der Waals surface area contributed by atoms with E-state index in [1.54, 1.807) is 0 Å². The molecular formula is C20H32N2O4. The minimum atomic E-state index is -0.558. The van der Waals surface area contributed by atoms with Gasteiger partial charge in [0.25, 0.3) is 11.8 Å². The Balaban J connectivity index is 0. The van der Waals surface area contributed by atoms with Crippen LogP contribution >= 0.6 is 0 Å². The summed E-state index contributed by atoms with van der Waals surface area (Å²) in [7, 11) is 0. The summed E-state index contributed by atoms with van der Waals surface area (Å²) >= 11 is 0. The van der Waals surface area contributed by atoms with E-state index in [1.807, 2.05) is 10.6 Å². The maximum absolute atomic E-state index is 11.2. The van der Waals surface area contributed by atoms with Crippen molar-refractivity contribution in [1.29, 1.82) is 0 Å². The van der Waals surface area contributed by atoms with Crippen LogP contribution in [0.25, 0.3) is 0 Å². The van der Waals surface area contributed by atoms with E-state index >= 15 is 0 Å². The van der Waals surface area contributed by atoms with Gasteiger partial charge in [-0.1, -0.05) is 66.2 Å². The Morgan fingerprint density at radius 2 is 0.962 bits per heavy atom. The van der Waals surface area contributed by atoms with Crippen molar-refractivity contribution < 1.29 is 19.2 Å². The first kappa shape index (κ1) is 25.7. The lowest BCUT2D eigenvalue weighted by atomic mass is 10.1. The number of carbonyl (C=O) groups excluding carboxylic acids is 4. The molecule has 0 heterocycles. The van der Waals surface area contributed by atoms with Gasteiger partial charge in [0.15, 0.2) is 0 Å². The highest BCUT2D eigenvalue weighted by atomic mass is 16.2. The molecule has 6 nitrogen and oxygen atoms in total. The molecule has 26 heavy (non-hydrogen) atoms. The van der Waals surface area contributed by atoms with Gasteiger partial charge in [-0.25, -0.2) is 0 Å². The molecule has 0 aliphatic heterocycles. The zero-order valence-corrected chi connectivity index (χ0v) is 16.3. The third kappa shape index (κ3) is 13.9. The summed E-state index contributed by atoms with van der Waals surface area (Å²) in [6.45, 7) is 8.85. The molecule has 4 amide bonds. The highest BCUT2D eigenvalue weighted by molar-refractivity contribution is 6.02. The zero-order chi connectivity index (χ0) is 20.2. The second-order valence-electron chi connectivity index (χ2n) is 5.47. The summed E-state index contributed by atoms with van der Waals surface area (Å²) in [5.74, 6) is -1.12. The Labute approximate surface area is 156 Å². The molecule has 1 aromatic carbocycles. The van der Waals surface area contributed by atoms with E-state index in [4.69, 9.17) is 0 Å². The summed E-state index contributed by atoms with van der Waals surface area (Å²) in [5, 5.41) is 3.92. The number of benzene rings is 1. The predicted octanol–water partition coefficient (Wildman–Crippen LogP) is 3.85. The van der Waals surface area contributed by atoms with Gasteiger partial charge in [-0.05, 0) is 24.3 Å². The van der Waals surface area contributed by atoms with Crippen LogP contribution in [0, 0.1) is 0 Å². The average molecular weight is 364 g/mol. The fourth-order valence-corrected chi connectivity index (χ4v) is 1.75. The molecule has 0 atom stereocenters. The van der Waals surface area contributed by atoms with Crippen LogP contribution in [-0.4, -0.2) is 24.6 Å². The summed E-state index contributed by atoms with van der Waals surface area (Å²) in [4.78, 5) is 42.3. The van der Waals surface area contributed by atoms with Gasteiger partial charge in [0.05, 0.1) is 0 Å². The van der Waals surface area contributed by atoms with Gasteiger partial charge >= 0.3 is 0 Å². The number of unbranched alkanes of at least 4 members (excludes halogenated alkanes) is 4. The van der Waals surface area contributed by atoms with E-state index in [-0.39, 0.29) is 23.9 Å². The van der Waals surface area contributed by atoms with E-state index < -0.39 is 11.8 Å². The molecule has 0 bridgehead atoms. The van der Waals surface area contributed by atoms with Crippen molar-refractivity contribution in [2.24, 2.45) is 0 Å². The molecule has 0 aromatic heterocycles. The molecule has 146 valence electrons. The number of rotatable bonds is 8. The largest absolute Gasteiger partial charge is 0.295 e.